The number of rotatable bonds is 2. The molecule has 23 heavy (non-hydrogen) atoms. The number of hydrogen-bond acceptors (Lipinski definition) is 2. The number of aromatic amines is 1. The lowest BCUT2D eigenvalue weighted by molar-refractivity contribution is 0.243. The van der Waals surface area contributed by atoms with Crippen molar-refractivity contribution in [3.63, 3.8) is 0 Å². The van der Waals surface area contributed by atoms with E-state index in [1.807, 2.05) is 6.07 Å². The van der Waals surface area contributed by atoms with Crippen LogP contribution in [0.4, 0.5) is 0 Å². The van der Waals surface area contributed by atoms with Crippen molar-refractivity contribution < 1.29 is 4.74 Å². The fraction of sp³-hybridized carbons (Fsp3) is 0.500. The van der Waals surface area contributed by atoms with Crippen molar-refractivity contribution in [2.45, 2.75) is 39.2 Å². The first-order valence-corrected chi connectivity index (χ1v) is 8.75. The predicted octanol–water partition coefficient (Wildman–Crippen LogP) is 4.36. The molecule has 3 heteroatoms. The van der Waals surface area contributed by atoms with Gasteiger partial charge in [0.15, 0.2) is 0 Å². The molecule has 3 nitrogen and oxygen atoms in total. The summed E-state index contributed by atoms with van der Waals surface area (Å²) in [6, 6.07) is 6.82. The number of methoxy groups -OCH3 is 1. The topological polar surface area (TPSA) is 37.0 Å². The van der Waals surface area contributed by atoms with Gasteiger partial charge in [-0.2, -0.15) is 0 Å². The lowest BCUT2D eigenvalue weighted by Crippen LogP contribution is -2.38. The van der Waals surface area contributed by atoms with E-state index in [-0.39, 0.29) is 0 Å². The Labute approximate surface area is 138 Å². The van der Waals surface area contributed by atoms with Gasteiger partial charge in [-0.15, -0.1) is 0 Å². The van der Waals surface area contributed by atoms with Crippen molar-refractivity contribution in [1.29, 1.82) is 0 Å². The molecule has 2 aromatic rings. The fourth-order valence-corrected chi connectivity index (χ4v) is 4.51. The molecule has 0 bridgehead atoms. The van der Waals surface area contributed by atoms with Crippen LogP contribution in [0.3, 0.4) is 0 Å². The van der Waals surface area contributed by atoms with Crippen LogP contribution in [0.25, 0.3) is 10.9 Å². The van der Waals surface area contributed by atoms with Gasteiger partial charge < -0.3 is 15.0 Å². The molecule has 0 spiro atoms. The Balaban J connectivity index is 1.76. The molecule has 122 valence electrons. The highest BCUT2D eigenvalue weighted by Crippen LogP contribution is 2.42. The second-order valence-electron chi connectivity index (χ2n) is 7.24. The minimum absolute atomic E-state index is 0.441. The Morgan fingerprint density at radius 3 is 2.91 bits per heavy atom. The predicted molar refractivity (Wildman–Crippen MR) is 94.9 cm³/mol. The van der Waals surface area contributed by atoms with Crippen molar-refractivity contribution >= 4 is 10.9 Å². The molecule has 1 aromatic heterocycles. The highest BCUT2D eigenvalue weighted by atomic mass is 16.5. The molecule has 3 atom stereocenters. The van der Waals surface area contributed by atoms with Crippen molar-refractivity contribution in [3.8, 4) is 5.75 Å². The van der Waals surface area contributed by atoms with Gasteiger partial charge in [0.05, 0.1) is 13.2 Å². The second-order valence-corrected chi connectivity index (χ2v) is 7.24. The number of H-pyrrole nitrogens is 1. The SMILES string of the molecule is COc1ccc2[nH]c3c(c2c1)CCN[C@@H]3[C@H]1CC=C(C)C[C@@H]1C. The first kappa shape index (κ1) is 14.8. The smallest absolute Gasteiger partial charge is 0.119 e. The lowest BCUT2D eigenvalue weighted by atomic mass is 9.74. The van der Waals surface area contributed by atoms with Crippen LogP contribution in [0.15, 0.2) is 29.8 Å². The van der Waals surface area contributed by atoms with Crippen molar-refractivity contribution in [2.75, 3.05) is 13.7 Å². The fourth-order valence-electron chi connectivity index (χ4n) is 4.51. The van der Waals surface area contributed by atoms with E-state index in [0.717, 1.165) is 24.6 Å². The van der Waals surface area contributed by atoms with Crippen LogP contribution in [0.5, 0.6) is 5.75 Å². The summed E-state index contributed by atoms with van der Waals surface area (Å²) < 4.78 is 5.42. The standard InChI is InChI=1S/C20H26N2O/c1-12-4-6-15(13(2)10-12)19-20-16(8-9-21-19)17-11-14(23-3)5-7-18(17)22-20/h4-5,7,11,13,15,19,21-22H,6,8-10H2,1-3H3/t13-,15-,19+/m0/s1. The average Bonchev–Trinajstić information content (AvgIpc) is 2.93. The van der Waals surface area contributed by atoms with E-state index < -0.39 is 0 Å². The zero-order valence-corrected chi connectivity index (χ0v) is 14.3. The normalized spacial score (nSPS) is 27.6. The van der Waals surface area contributed by atoms with Crippen LogP contribution in [-0.4, -0.2) is 18.6 Å². The van der Waals surface area contributed by atoms with E-state index in [1.165, 1.54) is 35.0 Å². The minimum atomic E-state index is 0.441. The Morgan fingerprint density at radius 2 is 2.13 bits per heavy atom. The average molecular weight is 310 g/mol. The van der Waals surface area contributed by atoms with Crippen LogP contribution in [0.1, 0.15) is 44.0 Å². The van der Waals surface area contributed by atoms with Gasteiger partial charge in [0.2, 0.25) is 0 Å². The zero-order chi connectivity index (χ0) is 16.0. The third-order valence-corrected chi connectivity index (χ3v) is 5.74. The Bertz CT molecular complexity index is 758. The Morgan fingerprint density at radius 1 is 1.26 bits per heavy atom. The second kappa shape index (κ2) is 5.72. The van der Waals surface area contributed by atoms with Gasteiger partial charge in [-0.05, 0) is 68.3 Å². The summed E-state index contributed by atoms with van der Waals surface area (Å²) in [4.78, 5) is 3.71. The molecule has 1 aliphatic heterocycles. The van der Waals surface area contributed by atoms with Crippen LogP contribution in [0.2, 0.25) is 0 Å². The summed E-state index contributed by atoms with van der Waals surface area (Å²) in [5.41, 5.74) is 5.68. The maximum atomic E-state index is 5.42. The van der Waals surface area contributed by atoms with E-state index in [0.29, 0.717) is 12.0 Å². The summed E-state index contributed by atoms with van der Waals surface area (Å²) in [7, 11) is 1.74. The number of aromatic nitrogens is 1. The van der Waals surface area contributed by atoms with Crippen molar-refractivity contribution in [3.05, 3.63) is 41.1 Å². The van der Waals surface area contributed by atoms with Crippen LogP contribution in [0, 0.1) is 11.8 Å². The van der Waals surface area contributed by atoms with Gasteiger partial charge in [-0.25, -0.2) is 0 Å². The largest absolute Gasteiger partial charge is 0.497 e. The molecule has 0 radical (unpaired) electrons. The van der Waals surface area contributed by atoms with E-state index in [2.05, 4.69) is 42.4 Å². The first-order chi connectivity index (χ1) is 11.2. The van der Waals surface area contributed by atoms with E-state index in [1.54, 1.807) is 12.7 Å². The zero-order valence-electron chi connectivity index (χ0n) is 14.3. The quantitative estimate of drug-likeness (QED) is 0.809. The molecule has 1 aliphatic carbocycles. The van der Waals surface area contributed by atoms with E-state index >= 15 is 0 Å². The number of hydrogen-bond donors (Lipinski definition) is 2. The molecular formula is C20H26N2O. The summed E-state index contributed by atoms with van der Waals surface area (Å²) >= 11 is 0. The Hall–Kier alpha value is -1.74. The monoisotopic (exact) mass is 310 g/mol. The number of allylic oxidation sites excluding steroid dienone is 2. The summed E-state index contributed by atoms with van der Waals surface area (Å²) in [6.07, 6.45) is 5.94. The maximum absolute atomic E-state index is 5.42. The third-order valence-electron chi connectivity index (χ3n) is 5.74. The van der Waals surface area contributed by atoms with Gasteiger partial charge in [-0.1, -0.05) is 18.6 Å². The molecule has 0 saturated carbocycles. The number of ether oxygens (including phenoxy) is 1. The third kappa shape index (κ3) is 2.47. The Kier molecular flexibility index (Phi) is 3.68. The molecule has 2 heterocycles. The number of fused-ring (bicyclic) bond motifs is 3. The summed E-state index contributed by atoms with van der Waals surface area (Å²) in [6.45, 7) is 5.73. The van der Waals surface area contributed by atoms with Gasteiger partial charge in [-0.3, -0.25) is 0 Å². The summed E-state index contributed by atoms with van der Waals surface area (Å²) in [5.74, 6) is 2.34. The van der Waals surface area contributed by atoms with Gasteiger partial charge in [0, 0.05) is 16.6 Å². The molecule has 4 rings (SSSR count). The summed E-state index contributed by atoms with van der Waals surface area (Å²) in [5, 5.41) is 5.12. The van der Waals surface area contributed by atoms with Crippen LogP contribution < -0.4 is 10.1 Å². The molecule has 0 amide bonds. The van der Waals surface area contributed by atoms with Gasteiger partial charge in [0.25, 0.3) is 0 Å². The van der Waals surface area contributed by atoms with Crippen molar-refractivity contribution in [1.82, 2.24) is 10.3 Å². The van der Waals surface area contributed by atoms with Gasteiger partial charge >= 0.3 is 0 Å². The molecule has 0 unspecified atom stereocenters. The molecular weight excluding hydrogens is 284 g/mol. The van der Waals surface area contributed by atoms with Gasteiger partial charge in [0.1, 0.15) is 5.75 Å². The highest BCUT2D eigenvalue weighted by Gasteiger charge is 2.34. The van der Waals surface area contributed by atoms with E-state index in [9.17, 15) is 0 Å². The number of benzene rings is 1. The molecule has 0 fully saturated rings. The molecule has 2 N–H and O–H groups in total. The molecule has 1 aromatic carbocycles. The van der Waals surface area contributed by atoms with Crippen LogP contribution >= 0.6 is 0 Å². The van der Waals surface area contributed by atoms with Crippen molar-refractivity contribution in [2.24, 2.45) is 11.8 Å². The van der Waals surface area contributed by atoms with Crippen LogP contribution in [-0.2, 0) is 6.42 Å². The number of nitrogens with one attached hydrogen (secondary N) is 2. The highest BCUT2D eigenvalue weighted by molar-refractivity contribution is 5.86. The minimum Gasteiger partial charge on any atom is -0.497 e. The lowest BCUT2D eigenvalue weighted by Gasteiger charge is -2.37. The van der Waals surface area contributed by atoms with E-state index in [4.69, 9.17) is 4.74 Å². The first-order valence-electron chi connectivity index (χ1n) is 8.75. The molecule has 2 aliphatic rings. The molecule has 0 saturated heterocycles. The maximum Gasteiger partial charge on any atom is 0.119 e.